The van der Waals surface area contributed by atoms with Gasteiger partial charge in [-0.1, -0.05) is 18.2 Å². The van der Waals surface area contributed by atoms with Gasteiger partial charge in [0.25, 0.3) is 0 Å². The number of rotatable bonds is 7. The van der Waals surface area contributed by atoms with Crippen LogP contribution in [-0.2, 0) is 22.7 Å². The van der Waals surface area contributed by atoms with E-state index in [0.29, 0.717) is 43.2 Å². The number of carbonyl (C=O) groups is 2. The van der Waals surface area contributed by atoms with E-state index in [2.05, 4.69) is 15.3 Å². The maximum Gasteiger partial charge on any atom is 0.221 e. The molecule has 0 spiro atoms. The number of fused-ring (bicyclic) bond motifs is 3. The number of carbonyl (C=O) groups excluding carboxylic acids is 2. The Morgan fingerprint density at radius 3 is 2.81 bits per heavy atom. The van der Waals surface area contributed by atoms with Crippen LogP contribution in [0.2, 0.25) is 0 Å². The molecule has 0 fully saturated rings. The number of nitrogens with zero attached hydrogens (tertiary/aromatic N) is 4. The van der Waals surface area contributed by atoms with Gasteiger partial charge in [-0.05, 0) is 13.0 Å². The molecule has 8 heteroatoms. The normalized spacial score (nSPS) is 11.0. The average Bonchev–Trinajstić information content (AvgIpc) is 3.03. The van der Waals surface area contributed by atoms with Gasteiger partial charge in [0.1, 0.15) is 11.3 Å². The van der Waals surface area contributed by atoms with Crippen LogP contribution in [0.3, 0.4) is 0 Å². The standard InChI is InChI=1S/C18H22N6O2/c1-3-23(11-25)10-14-22-16-17(24(14)9-8-15(26)20-2)12-6-4-5-7-13(12)21-18(16)19/h4-7,11H,3,8-10H2,1-2H3,(H2,19,21)(H,20,26). The molecule has 0 saturated carbocycles. The molecule has 2 heterocycles. The summed E-state index contributed by atoms with van der Waals surface area (Å²) in [7, 11) is 1.61. The second-order valence-corrected chi connectivity index (χ2v) is 5.98. The van der Waals surface area contributed by atoms with Crippen LogP contribution in [-0.4, -0.2) is 45.3 Å². The van der Waals surface area contributed by atoms with Crippen LogP contribution in [0.4, 0.5) is 5.82 Å². The Morgan fingerprint density at radius 1 is 1.35 bits per heavy atom. The van der Waals surface area contributed by atoms with E-state index in [-0.39, 0.29) is 5.91 Å². The number of hydrogen-bond donors (Lipinski definition) is 2. The molecule has 1 aromatic carbocycles. The third-order valence-electron chi connectivity index (χ3n) is 4.43. The first-order valence-electron chi connectivity index (χ1n) is 8.52. The molecule has 0 aliphatic heterocycles. The molecule has 8 nitrogen and oxygen atoms in total. The fourth-order valence-electron chi connectivity index (χ4n) is 3.01. The lowest BCUT2D eigenvalue weighted by molar-refractivity contribution is -0.121. The monoisotopic (exact) mass is 354 g/mol. The quantitative estimate of drug-likeness (QED) is 0.622. The first-order chi connectivity index (χ1) is 12.6. The fraction of sp³-hybridized carbons (Fsp3) is 0.333. The van der Waals surface area contributed by atoms with Crippen LogP contribution >= 0.6 is 0 Å². The summed E-state index contributed by atoms with van der Waals surface area (Å²) in [6.07, 6.45) is 1.10. The molecule has 136 valence electrons. The third kappa shape index (κ3) is 3.17. The predicted octanol–water partition coefficient (Wildman–Crippen LogP) is 1.28. The number of aryl methyl sites for hydroxylation is 1. The number of nitrogens with one attached hydrogen (secondary N) is 1. The first kappa shape index (κ1) is 17.7. The van der Waals surface area contributed by atoms with Gasteiger partial charge in [-0.25, -0.2) is 9.97 Å². The Balaban J connectivity index is 2.21. The molecule has 0 unspecified atom stereocenters. The number of amides is 2. The maximum atomic E-state index is 11.8. The smallest absolute Gasteiger partial charge is 0.221 e. The molecule has 26 heavy (non-hydrogen) atoms. The number of para-hydroxylation sites is 1. The van der Waals surface area contributed by atoms with Gasteiger partial charge in [0.05, 0.1) is 17.6 Å². The highest BCUT2D eigenvalue weighted by Gasteiger charge is 2.19. The van der Waals surface area contributed by atoms with Gasteiger partial charge in [-0.3, -0.25) is 9.59 Å². The minimum atomic E-state index is -0.0631. The van der Waals surface area contributed by atoms with Crippen molar-refractivity contribution >= 4 is 40.1 Å². The number of benzene rings is 1. The van der Waals surface area contributed by atoms with Gasteiger partial charge in [0.15, 0.2) is 5.82 Å². The van der Waals surface area contributed by atoms with Gasteiger partial charge in [-0.2, -0.15) is 0 Å². The largest absolute Gasteiger partial charge is 0.382 e. The summed E-state index contributed by atoms with van der Waals surface area (Å²) in [5.74, 6) is 0.961. The van der Waals surface area contributed by atoms with E-state index in [9.17, 15) is 9.59 Å². The number of aromatic nitrogens is 3. The lowest BCUT2D eigenvalue weighted by Gasteiger charge is -2.16. The van der Waals surface area contributed by atoms with E-state index in [4.69, 9.17) is 5.73 Å². The van der Waals surface area contributed by atoms with Crippen molar-refractivity contribution in [3.63, 3.8) is 0 Å². The van der Waals surface area contributed by atoms with Crippen molar-refractivity contribution in [1.82, 2.24) is 24.8 Å². The van der Waals surface area contributed by atoms with Gasteiger partial charge < -0.3 is 20.5 Å². The fourth-order valence-corrected chi connectivity index (χ4v) is 3.01. The summed E-state index contributed by atoms with van der Waals surface area (Å²) in [6.45, 7) is 3.25. The van der Waals surface area contributed by atoms with Crippen LogP contribution in [0.1, 0.15) is 19.2 Å². The lowest BCUT2D eigenvalue weighted by Crippen LogP contribution is -2.24. The van der Waals surface area contributed by atoms with E-state index in [1.54, 1.807) is 11.9 Å². The van der Waals surface area contributed by atoms with Crippen LogP contribution in [0.25, 0.3) is 21.9 Å². The lowest BCUT2D eigenvalue weighted by atomic mass is 10.2. The second kappa shape index (κ2) is 7.38. The summed E-state index contributed by atoms with van der Waals surface area (Å²) in [6, 6.07) is 7.69. The molecule has 0 bridgehead atoms. The molecule has 2 amide bonds. The minimum Gasteiger partial charge on any atom is -0.382 e. The zero-order valence-corrected chi connectivity index (χ0v) is 14.9. The zero-order valence-electron chi connectivity index (χ0n) is 14.9. The summed E-state index contributed by atoms with van der Waals surface area (Å²) in [4.78, 5) is 33.7. The molecule has 0 aliphatic carbocycles. The highest BCUT2D eigenvalue weighted by molar-refractivity contribution is 6.06. The number of pyridine rings is 1. The Hall–Kier alpha value is -3.16. The number of imidazole rings is 1. The summed E-state index contributed by atoms with van der Waals surface area (Å²) in [5.41, 5.74) is 8.34. The van der Waals surface area contributed by atoms with E-state index >= 15 is 0 Å². The Labute approximate surface area is 151 Å². The topological polar surface area (TPSA) is 106 Å². The van der Waals surface area contributed by atoms with Gasteiger partial charge in [-0.15, -0.1) is 0 Å². The Bertz CT molecular complexity index is 965. The van der Waals surface area contributed by atoms with Gasteiger partial charge in [0.2, 0.25) is 12.3 Å². The van der Waals surface area contributed by atoms with Gasteiger partial charge >= 0.3 is 0 Å². The van der Waals surface area contributed by atoms with Crippen LogP contribution < -0.4 is 11.1 Å². The number of nitrogens with two attached hydrogens (primary N) is 1. The minimum absolute atomic E-state index is 0.0631. The summed E-state index contributed by atoms with van der Waals surface area (Å²) < 4.78 is 1.97. The van der Waals surface area contributed by atoms with E-state index in [0.717, 1.165) is 22.8 Å². The van der Waals surface area contributed by atoms with Crippen molar-refractivity contribution in [2.24, 2.45) is 0 Å². The molecular weight excluding hydrogens is 332 g/mol. The van der Waals surface area contributed by atoms with Crippen molar-refractivity contribution in [1.29, 1.82) is 0 Å². The van der Waals surface area contributed by atoms with E-state index in [1.165, 1.54) is 0 Å². The highest BCUT2D eigenvalue weighted by atomic mass is 16.1. The second-order valence-electron chi connectivity index (χ2n) is 5.98. The van der Waals surface area contributed by atoms with Crippen molar-refractivity contribution in [3.8, 4) is 0 Å². The third-order valence-corrected chi connectivity index (χ3v) is 4.43. The average molecular weight is 354 g/mol. The van der Waals surface area contributed by atoms with Crippen LogP contribution in [0.5, 0.6) is 0 Å². The number of hydrogen-bond acceptors (Lipinski definition) is 5. The Morgan fingerprint density at radius 2 is 2.12 bits per heavy atom. The maximum absolute atomic E-state index is 11.8. The SMILES string of the molecule is CCN(C=O)Cc1nc2c(N)nc3ccccc3c2n1CCC(=O)NC. The zero-order chi connectivity index (χ0) is 18.7. The Kier molecular flexibility index (Phi) is 5.01. The molecule has 3 aromatic rings. The number of nitrogen functional groups attached to an aromatic ring is 1. The van der Waals surface area contributed by atoms with Gasteiger partial charge in [0, 0.05) is 31.9 Å². The molecule has 3 rings (SSSR count). The predicted molar refractivity (Wildman–Crippen MR) is 100 cm³/mol. The molecule has 0 aliphatic rings. The molecule has 0 atom stereocenters. The van der Waals surface area contributed by atoms with Crippen LogP contribution in [0.15, 0.2) is 24.3 Å². The van der Waals surface area contributed by atoms with E-state index < -0.39 is 0 Å². The summed E-state index contributed by atoms with van der Waals surface area (Å²) >= 11 is 0. The number of anilines is 1. The van der Waals surface area contributed by atoms with Crippen molar-refractivity contribution in [3.05, 3.63) is 30.1 Å². The molecule has 3 N–H and O–H groups in total. The highest BCUT2D eigenvalue weighted by Crippen LogP contribution is 2.29. The van der Waals surface area contributed by atoms with Crippen molar-refractivity contribution < 1.29 is 9.59 Å². The van der Waals surface area contributed by atoms with Crippen molar-refractivity contribution in [2.75, 3.05) is 19.3 Å². The van der Waals surface area contributed by atoms with Crippen LogP contribution in [0, 0.1) is 0 Å². The molecule has 0 radical (unpaired) electrons. The molecular formula is C18H22N6O2. The molecule has 0 saturated heterocycles. The molecule has 2 aromatic heterocycles. The first-order valence-corrected chi connectivity index (χ1v) is 8.52. The van der Waals surface area contributed by atoms with Crippen molar-refractivity contribution in [2.45, 2.75) is 26.4 Å². The summed E-state index contributed by atoms with van der Waals surface area (Å²) in [5, 5.41) is 3.55. The van der Waals surface area contributed by atoms with E-state index in [1.807, 2.05) is 35.8 Å².